The number of aromatic nitrogens is 3. The van der Waals surface area contributed by atoms with Gasteiger partial charge in [0.1, 0.15) is 23.6 Å². The molecule has 7 heteroatoms. The molecule has 0 atom stereocenters. The molecule has 0 saturated heterocycles. The van der Waals surface area contributed by atoms with Crippen LogP contribution in [0.3, 0.4) is 0 Å². The Bertz CT molecular complexity index is 985. The molecular weight excluding hydrogens is 308 g/mol. The Morgan fingerprint density at radius 1 is 1.29 bits per heavy atom. The molecule has 0 radical (unpaired) electrons. The number of nitrogens with one attached hydrogen (secondary N) is 1. The van der Waals surface area contributed by atoms with Crippen LogP contribution in [0.1, 0.15) is 39.3 Å². The van der Waals surface area contributed by atoms with E-state index in [1.54, 1.807) is 6.07 Å². The van der Waals surface area contributed by atoms with Gasteiger partial charge < -0.3 is 9.73 Å². The van der Waals surface area contributed by atoms with Gasteiger partial charge in [-0.25, -0.2) is 4.68 Å². The molecule has 0 aromatic carbocycles. The highest BCUT2D eigenvalue weighted by molar-refractivity contribution is 5.83. The van der Waals surface area contributed by atoms with Gasteiger partial charge in [-0.2, -0.15) is 5.10 Å². The Labute approximate surface area is 139 Å². The van der Waals surface area contributed by atoms with E-state index in [0.717, 1.165) is 11.3 Å². The summed E-state index contributed by atoms with van der Waals surface area (Å²) in [6.45, 7) is 9.40. The monoisotopic (exact) mass is 330 g/mol. The van der Waals surface area contributed by atoms with Crippen molar-refractivity contribution < 1.29 is 9.21 Å². The van der Waals surface area contributed by atoms with Crippen molar-refractivity contribution in [2.24, 2.45) is 0 Å². The van der Waals surface area contributed by atoms with E-state index in [9.17, 15) is 9.59 Å². The second kappa shape index (κ2) is 5.51. The lowest BCUT2D eigenvalue weighted by Crippen LogP contribution is -2.44. The summed E-state index contributed by atoms with van der Waals surface area (Å²) in [4.78, 5) is 24.9. The second-order valence-electron chi connectivity index (χ2n) is 7.00. The molecule has 128 valence electrons. The third kappa shape index (κ3) is 2.81. The number of hydrogen-bond acceptors (Lipinski definition) is 4. The van der Waals surface area contributed by atoms with Crippen molar-refractivity contribution in [1.29, 1.82) is 0 Å². The van der Waals surface area contributed by atoms with Gasteiger partial charge in [0.2, 0.25) is 5.91 Å². The average Bonchev–Trinajstić information content (AvgIpc) is 2.96. The average molecular weight is 330 g/mol. The largest absolute Gasteiger partial charge is 0.460 e. The van der Waals surface area contributed by atoms with Crippen molar-refractivity contribution in [3.05, 3.63) is 34.1 Å². The van der Waals surface area contributed by atoms with Gasteiger partial charge in [0, 0.05) is 24.1 Å². The van der Waals surface area contributed by atoms with Gasteiger partial charge in [0.25, 0.3) is 5.56 Å². The van der Waals surface area contributed by atoms with Crippen LogP contribution in [-0.2, 0) is 17.8 Å². The van der Waals surface area contributed by atoms with Crippen molar-refractivity contribution in [2.45, 2.75) is 53.1 Å². The highest BCUT2D eigenvalue weighted by atomic mass is 16.3. The number of carbonyl (C=O) groups excluding carboxylic acids is 1. The Balaban J connectivity index is 2.12. The molecule has 0 aliphatic rings. The van der Waals surface area contributed by atoms with Crippen molar-refractivity contribution in [1.82, 2.24) is 19.5 Å². The molecule has 0 bridgehead atoms. The number of rotatable bonds is 3. The fourth-order valence-electron chi connectivity index (χ4n) is 2.84. The standard InChI is InChI=1S/C17H22N4O3/c1-6-14-19-20(9-15(22)18-17(3,4)5)16(23)12-8-13-11(21(12)14)7-10(2)24-13/h7-8H,6,9H2,1-5H3,(H,18,22). The van der Waals surface area contributed by atoms with Gasteiger partial charge in [0.15, 0.2) is 5.58 Å². The van der Waals surface area contributed by atoms with Crippen LogP contribution >= 0.6 is 0 Å². The Morgan fingerprint density at radius 3 is 2.62 bits per heavy atom. The molecule has 1 N–H and O–H groups in total. The van der Waals surface area contributed by atoms with E-state index in [1.807, 2.05) is 45.1 Å². The Morgan fingerprint density at radius 2 is 2.00 bits per heavy atom. The molecular formula is C17H22N4O3. The molecule has 0 fully saturated rings. The maximum absolute atomic E-state index is 12.7. The minimum atomic E-state index is -0.356. The van der Waals surface area contributed by atoms with E-state index in [2.05, 4.69) is 10.4 Å². The lowest BCUT2D eigenvalue weighted by atomic mass is 10.1. The van der Waals surface area contributed by atoms with Crippen LogP contribution in [0.25, 0.3) is 16.6 Å². The van der Waals surface area contributed by atoms with Crippen LogP contribution in [0, 0.1) is 6.92 Å². The van der Waals surface area contributed by atoms with Gasteiger partial charge in [-0.15, -0.1) is 0 Å². The molecule has 0 spiro atoms. The maximum Gasteiger partial charge on any atom is 0.291 e. The lowest BCUT2D eigenvalue weighted by molar-refractivity contribution is -0.123. The highest BCUT2D eigenvalue weighted by Gasteiger charge is 2.19. The SMILES string of the molecule is CCc1nn(CC(=O)NC(C)(C)C)c(=O)c2cc3oc(C)cc3n12. The summed E-state index contributed by atoms with van der Waals surface area (Å²) >= 11 is 0. The summed E-state index contributed by atoms with van der Waals surface area (Å²) in [5.41, 5.74) is 1.29. The number of carbonyl (C=O) groups is 1. The predicted molar refractivity (Wildman–Crippen MR) is 91.2 cm³/mol. The number of amides is 1. The van der Waals surface area contributed by atoms with Crippen LogP contribution in [0.15, 0.2) is 21.3 Å². The zero-order chi connectivity index (χ0) is 17.6. The van der Waals surface area contributed by atoms with E-state index in [4.69, 9.17) is 4.42 Å². The van der Waals surface area contributed by atoms with Crippen molar-refractivity contribution in [3.63, 3.8) is 0 Å². The number of furan rings is 1. The molecule has 3 heterocycles. The smallest absolute Gasteiger partial charge is 0.291 e. The van der Waals surface area contributed by atoms with E-state index < -0.39 is 0 Å². The summed E-state index contributed by atoms with van der Waals surface area (Å²) < 4.78 is 8.65. The molecule has 3 aromatic rings. The predicted octanol–water partition coefficient (Wildman–Crippen LogP) is 2.03. The summed E-state index contributed by atoms with van der Waals surface area (Å²) in [7, 11) is 0. The summed E-state index contributed by atoms with van der Waals surface area (Å²) in [6, 6.07) is 3.60. The number of fused-ring (bicyclic) bond motifs is 3. The fourth-order valence-corrected chi connectivity index (χ4v) is 2.84. The topological polar surface area (TPSA) is 81.5 Å². The van der Waals surface area contributed by atoms with Crippen LogP contribution < -0.4 is 10.9 Å². The second-order valence-corrected chi connectivity index (χ2v) is 7.00. The number of nitrogens with zero attached hydrogens (tertiary/aromatic N) is 3. The van der Waals surface area contributed by atoms with Crippen molar-refractivity contribution >= 4 is 22.5 Å². The first kappa shape index (κ1) is 16.3. The van der Waals surface area contributed by atoms with Crippen molar-refractivity contribution in [2.75, 3.05) is 0 Å². The van der Waals surface area contributed by atoms with E-state index in [-0.39, 0.29) is 23.6 Å². The fraction of sp³-hybridized carbons (Fsp3) is 0.471. The minimum absolute atomic E-state index is 0.106. The van der Waals surface area contributed by atoms with Gasteiger partial charge in [-0.05, 0) is 27.7 Å². The van der Waals surface area contributed by atoms with Gasteiger partial charge in [-0.3, -0.25) is 14.0 Å². The van der Waals surface area contributed by atoms with Crippen LogP contribution in [0.5, 0.6) is 0 Å². The van der Waals surface area contributed by atoms with Crippen molar-refractivity contribution in [3.8, 4) is 0 Å². The third-order valence-electron chi connectivity index (χ3n) is 3.68. The molecule has 0 aliphatic carbocycles. The first-order chi connectivity index (χ1) is 11.2. The number of hydrogen-bond donors (Lipinski definition) is 1. The first-order valence-corrected chi connectivity index (χ1v) is 8.02. The molecule has 0 unspecified atom stereocenters. The molecule has 0 aliphatic heterocycles. The quantitative estimate of drug-likeness (QED) is 0.796. The molecule has 3 aromatic heterocycles. The van der Waals surface area contributed by atoms with E-state index in [1.165, 1.54) is 4.68 Å². The Kier molecular flexibility index (Phi) is 3.74. The van der Waals surface area contributed by atoms with Crippen LogP contribution in [0.4, 0.5) is 0 Å². The summed E-state index contributed by atoms with van der Waals surface area (Å²) in [6.07, 6.45) is 0.631. The minimum Gasteiger partial charge on any atom is -0.460 e. The van der Waals surface area contributed by atoms with Crippen LogP contribution in [0.2, 0.25) is 0 Å². The summed E-state index contributed by atoms with van der Waals surface area (Å²) in [5.74, 6) is 1.25. The molecule has 7 nitrogen and oxygen atoms in total. The lowest BCUT2D eigenvalue weighted by Gasteiger charge is -2.20. The summed E-state index contributed by atoms with van der Waals surface area (Å²) in [5, 5.41) is 7.23. The van der Waals surface area contributed by atoms with Gasteiger partial charge >= 0.3 is 0 Å². The van der Waals surface area contributed by atoms with E-state index >= 15 is 0 Å². The highest BCUT2D eigenvalue weighted by Crippen LogP contribution is 2.23. The molecule has 24 heavy (non-hydrogen) atoms. The third-order valence-corrected chi connectivity index (χ3v) is 3.68. The van der Waals surface area contributed by atoms with Crippen LogP contribution in [-0.4, -0.2) is 25.6 Å². The normalized spacial score (nSPS) is 12.2. The zero-order valence-corrected chi connectivity index (χ0v) is 14.6. The molecule has 0 saturated carbocycles. The molecule has 1 amide bonds. The number of aryl methyl sites for hydroxylation is 2. The zero-order valence-electron chi connectivity index (χ0n) is 14.6. The molecule has 3 rings (SSSR count). The van der Waals surface area contributed by atoms with Gasteiger partial charge in [0.05, 0.1) is 5.52 Å². The first-order valence-electron chi connectivity index (χ1n) is 8.02. The van der Waals surface area contributed by atoms with E-state index in [0.29, 0.717) is 23.3 Å². The Hall–Kier alpha value is -2.57. The van der Waals surface area contributed by atoms with Gasteiger partial charge in [-0.1, -0.05) is 6.92 Å². The maximum atomic E-state index is 12.7.